The zero-order chi connectivity index (χ0) is 26.2. The number of carbonyl (C=O) groups excluding carboxylic acids is 2. The van der Waals surface area contributed by atoms with Crippen LogP contribution >= 0.6 is 0 Å². The lowest BCUT2D eigenvalue weighted by Crippen LogP contribution is -2.50. The summed E-state index contributed by atoms with van der Waals surface area (Å²) in [6, 6.07) is 16.6. The Labute approximate surface area is 221 Å². The number of ether oxygens (including phenoxy) is 4. The van der Waals surface area contributed by atoms with Crippen molar-refractivity contribution in [1.82, 2.24) is 10.2 Å². The molecule has 196 valence electrons. The van der Waals surface area contributed by atoms with Gasteiger partial charge in [-0.15, -0.1) is 0 Å². The van der Waals surface area contributed by atoms with Crippen molar-refractivity contribution in [3.05, 3.63) is 82.4 Å². The lowest BCUT2D eigenvalue weighted by atomic mass is 9.75. The summed E-state index contributed by atoms with van der Waals surface area (Å²) < 4.78 is 22.7. The van der Waals surface area contributed by atoms with Gasteiger partial charge in [0, 0.05) is 18.7 Å². The molecule has 0 saturated heterocycles. The first-order chi connectivity index (χ1) is 18.6. The SMILES string of the molecule is CCOc1cc2c(cc1OCC)[C@@H]1[C@H](C(=O)NCc3ccc4c(c3)OCO4)c3ccccc3C(=O)N1CC2. The summed E-state index contributed by atoms with van der Waals surface area (Å²) in [7, 11) is 0. The van der Waals surface area contributed by atoms with E-state index in [2.05, 4.69) is 5.32 Å². The summed E-state index contributed by atoms with van der Waals surface area (Å²) in [6.07, 6.45) is 0.678. The molecule has 0 saturated carbocycles. The molecular formula is C30H30N2O6. The van der Waals surface area contributed by atoms with Gasteiger partial charge in [0.2, 0.25) is 12.7 Å². The topological polar surface area (TPSA) is 86.3 Å². The third-order valence-corrected chi connectivity index (χ3v) is 7.37. The highest BCUT2D eigenvalue weighted by Crippen LogP contribution is 2.48. The molecule has 38 heavy (non-hydrogen) atoms. The van der Waals surface area contributed by atoms with Gasteiger partial charge in [0.05, 0.1) is 25.2 Å². The lowest BCUT2D eigenvalue weighted by Gasteiger charge is -2.45. The fourth-order valence-electron chi connectivity index (χ4n) is 5.70. The smallest absolute Gasteiger partial charge is 0.254 e. The van der Waals surface area contributed by atoms with Crippen LogP contribution in [-0.2, 0) is 17.8 Å². The molecule has 2 atom stereocenters. The van der Waals surface area contributed by atoms with Crippen LogP contribution in [0.3, 0.4) is 0 Å². The maximum Gasteiger partial charge on any atom is 0.254 e. The van der Waals surface area contributed by atoms with Gasteiger partial charge >= 0.3 is 0 Å². The Morgan fingerprint density at radius 2 is 1.74 bits per heavy atom. The number of hydrogen-bond acceptors (Lipinski definition) is 6. The van der Waals surface area contributed by atoms with E-state index in [9.17, 15) is 9.59 Å². The Balaban J connectivity index is 1.38. The second kappa shape index (κ2) is 9.93. The first kappa shape index (κ1) is 24.2. The molecule has 0 fully saturated rings. The van der Waals surface area contributed by atoms with Crippen molar-refractivity contribution in [3.8, 4) is 23.0 Å². The van der Waals surface area contributed by atoms with E-state index < -0.39 is 12.0 Å². The monoisotopic (exact) mass is 514 g/mol. The van der Waals surface area contributed by atoms with Crippen LogP contribution in [0.5, 0.6) is 23.0 Å². The standard InChI is InChI=1S/C30H30N2O6/c1-3-35-25-14-19-11-12-32-28(22(19)15-26(25)36-4-2)27(20-7-5-6-8-21(20)30(32)34)29(33)31-16-18-9-10-23-24(13-18)38-17-37-23/h5-10,13-15,27-28H,3-4,11-12,16-17H2,1-2H3,(H,31,33)/t27-,28-/m1/s1. The van der Waals surface area contributed by atoms with E-state index >= 15 is 0 Å². The average Bonchev–Trinajstić information content (AvgIpc) is 3.41. The predicted octanol–water partition coefficient (Wildman–Crippen LogP) is 4.37. The molecule has 0 radical (unpaired) electrons. The Bertz CT molecular complexity index is 1400. The second-order valence-electron chi connectivity index (χ2n) is 9.53. The van der Waals surface area contributed by atoms with Crippen LogP contribution < -0.4 is 24.3 Å². The Morgan fingerprint density at radius 1 is 0.974 bits per heavy atom. The molecular weight excluding hydrogens is 484 g/mol. The van der Waals surface area contributed by atoms with Gasteiger partial charge < -0.3 is 29.2 Å². The third kappa shape index (κ3) is 4.10. The number of nitrogens with zero attached hydrogens (tertiary/aromatic N) is 1. The van der Waals surface area contributed by atoms with Gasteiger partial charge in [0.1, 0.15) is 0 Å². The number of fused-ring (bicyclic) bond motifs is 5. The molecule has 0 unspecified atom stereocenters. The lowest BCUT2D eigenvalue weighted by molar-refractivity contribution is -0.124. The fraction of sp³-hybridized carbons (Fsp3) is 0.333. The normalized spacial score (nSPS) is 18.8. The van der Waals surface area contributed by atoms with Crippen LogP contribution in [0, 0.1) is 0 Å². The molecule has 3 aromatic carbocycles. The van der Waals surface area contributed by atoms with Crippen LogP contribution in [0.25, 0.3) is 0 Å². The van der Waals surface area contributed by atoms with E-state index in [1.807, 2.05) is 73.3 Å². The maximum absolute atomic E-state index is 14.0. The highest BCUT2D eigenvalue weighted by molar-refractivity contribution is 6.01. The van der Waals surface area contributed by atoms with Gasteiger partial charge in [-0.2, -0.15) is 0 Å². The molecule has 3 aromatic rings. The molecule has 3 heterocycles. The van der Waals surface area contributed by atoms with Gasteiger partial charge in [-0.05, 0) is 72.9 Å². The molecule has 8 heteroatoms. The molecule has 3 aliphatic heterocycles. The van der Waals surface area contributed by atoms with Crippen molar-refractivity contribution in [2.45, 2.75) is 38.8 Å². The highest BCUT2D eigenvalue weighted by Gasteiger charge is 2.46. The quantitative estimate of drug-likeness (QED) is 0.504. The van der Waals surface area contributed by atoms with Crippen LogP contribution in [0.4, 0.5) is 0 Å². The molecule has 8 nitrogen and oxygen atoms in total. The van der Waals surface area contributed by atoms with Crippen molar-refractivity contribution >= 4 is 11.8 Å². The van der Waals surface area contributed by atoms with Gasteiger partial charge in [-0.25, -0.2) is 0 Å². The summed E-state index contributed by atoms with van der Waals surface area (Å²) in [5.41, 5.74) is 4.21. The summed E-state index contributed by atoms with van der Waals surface area (Å²) >= 11 is 0. The highest BCUT2D eigenvalue weighted by atomic mass is 16.7. The third-order valence-electron chi connectivity index (χ3n) is 7.37. The number of amides is 2. The number of carbonyl (C=O) groups is 2. The summed E-state index contributed by atoms with van der Waals surface area (Å²) in [4.78, 5) is 29.4. The molecule has 0 aliphatic carbocycles. The Kier molecular flexibility index (Phi) is 6.31. The minimum absolute atomic E-state index is 0.0529. The second-order valence-corrected chi connectivity index (χ2v) is 9.53. The van der Waals surface area contributed by atoms with Gasteiger partial charge in [0.15, 0.2) is 23.0 Å². The van der Waals surface area contributed by atoms with Gasteiger partial charge in [-0.1, -0.05) is 24.3 Å². The molecule has 2 amide bonds. The van der Waals surface area contributed by atoms with E-state index in [1.165, 1.54) is 0 Å². The predicted molar refractivity (Wildman–Crippen MR) is 140 cm³/mol. The molecule has 1 N–H and O–H groups in total. The average molecular weight is 515 g/mol. The van der Waals surface area contributed by atoms with E-state index in [-0.39, 0.29) is 18.6 Å². The van der Waals surface area contributed by atoms with Crippen molar-refractivity contribution in [3.63, 3.8) is 0 Å². The van der Waals surface area contributed by atoms with Crippen LogP contribution in [0.2, 0.25) is 0 Å². The van der Waals surface area contributed by atoms with E-state index in [4.69, 9.17) is 18.9 Å². The fourth-order valence-corrected chi connectivity index (χ4v) is 5.70. The molecule has 0 bridgehead atoms. The van der Waals surface area contributed by atoms with Crippen molar-refractivity contribution < 1.29 is 28.5 Å². The van der Waals surface area contributed by atoms with Gasteiger partial charge in [0.25, 0.3) is 5.91 Å². The van der Waals surface area contributed by atoms with E-state index in [1.54, 1.807) is 0 Å². The minimum atomic E-state index is -0.579. The van der Waals surface area contributed by atoms with Crippen LogP contribution in [-0.4, -0.2) is 43.3 Å². The molecule has 6 rings (SSSR count). The largest absolute Gasteiger partial charge is 0.490 e. The van der Waals surface area contributed by atoms with E-state index in [0.29, 0.717) is 61.3 Å². The summed E-state index contributed by atoms with van der Waals surface area (Å²) in [5.74, 6) is 1.91. The molecule has 3 aliphatic rings. The number of rotatable bonds is 7. The summed E-state index contributed by atoms with van der Waals surface area (Å²) in [6.45, 7) is 5.91. The zero-order valence-electron chi connectivity index (χ0n) is 21.5. The van der Waals surface area contributed by atoms with Crippen molar-refractivity contribution in [2.24, 2.45) is 0 Å². The molecule has 0 spiro atoms. The zero-order valence-corrected chi connectivity index (χ0v) is 21.5. The van der Waals surface area contributed by atoms with Crippen LogP contribution in [0.1, 0.15) is 58.4 Å². The van der Waals surface area contributed by atoms with E-state index in [0.717, 1.165) is 22.3 Å². The number of benzene rings is 3. The Hall–Kier alpha value is -4.20. The first-order valence-electron chi connectivity index (χ1n) is 13.1. The van der Waals surface area contributed by atoms with Crippen molar-refractivity contribution in [2.75, 3.05) is 26.6 Å². The summed E-state index contributed by atoms with van der Waals surface area (Å²) in [5, 5.41) is 3.12. The maximum atomic E-state index is 14.0. The van der Waals surface area contributed by atoms with Crippen LogP contribution in [0.15, 0.2) is 54.6 Å². The Morgan fingerprint density at radius 3 is 2.55 bits per heavy atom. The minimum Gasteiger partial charge on any atom is -0.490 e. The number of nitrogens with one attached hydrogen (secondary N) is 1. The molecule has 0 aromatic heterocycles. The number of hydrogen-bond donors (Lipinski definition) is 1. The van der Waals surface area contributed by atoms with Gasteiger partial charge in [-0.3, -0.25) is 9.59 Å². The van der Waals surface area contributed by atoms with Crippen molar-refractivity contribution in [1.29, 1.82) is 0 Å². The first-order valence-corrected chi connectivity index (χ1v) is 13.1.